The highest BCUT2D eigenvalue weighted by atomic mass is 127. The molecule has 7 heavy (non-hydrogen) atoms. The van der Waals surface area contributed by atoms with Gasteiger partial charge in [-0.1, -0.05) is 0 Å². The molecule has 0 heterocycles. The molecule has 0 aliphatic rings. The first-order valence-electron chi connectivity index (χ1n) is 1.81. The minimum atomic E-state index is 0.958. The molecule has 0 rings (SSSR count). The summed E-state index contributed by atoms with van der Waals surface area (Å²) < 4.78 is 0.958. The molecule has 2 N–H and O–H groups in total. The van der Waals surface area contributed by atoms with Gasteiger partial charge >= 0.3 is 0 Å². The fraction of sp³-hybridized carbons (Fsp3) is 0.250. The molecule has 0 aromatic rings. The zero-order chi connectivity index (χ0) is 5.70. The lowest BCUT2D eigenvalue weighted by atomic mass is 10.7. The van der Waals surface area contributed by atoms with Crippen molar-refractivity contribution in [3.8, 4) is 0 Å². The lowest BCUT2D eigenvalue weighted by molar-refractivity contribution is 1.47. The van der Waals surface area contributed by atoms with Crippen LogP contribution in [0.5, 0.6) is 0 Å². The quantitative estimate of drug-likeness (QED) is 0.507. The third-order valence-corrected chi connectivity index (χ3v) is 1.05. The van der Waals surface area contributed by atoms with E-state index in [1.54, 1.807) is 13.3 Å². The fourth-order valence-corrected chi connectivity index (χ4v) is 0.445. The molecule has 0 unspecified atom stereocenters. The van der Waals surface area contributed by atoms with E-state index < -0.39 is 0 Å². The Morgan fingerprint density at radius 2 is 2.43 bits per heavy atom. The molecule has 0 saturated carbocycles. The van der Waals surface area contributed by atoms with Gasteiger partial charge in [0.15, 0.2) is 0 Å². The summed E-state index contributed by atoms with van der Waals surface area (Å²) in [6.45, 7) is 0. The maximum atomic E-state index is 5.10. The van der Waals surface area contributed by atoms with Crippen LogP contribution in [0.25, 0.3) is 0 Å². The molecule has 2 nitrogen and oxygen atoms in total. The zero-order valence-corrected chi connectivity index (χ0v) is 6.21. The Morgan fingerprint density at radius 3 is 2.57 bits per heavy atom. The van der Waals surface area contributed by atoms with Crippen molar-refractivity contribution in [3.05, 3.63) is 9.78 Å². The number of nitrogens with zero attached hydrogens (tertiary/aromatic N) is 1. The van der Waals surface area contributed by atoms with Gasteiger partial charge < -0.3 is 5.73 Å². The molecule has 0 aliphatic carbocycles. The van der Waals surface area contributed by atoms with Crippen molar-refractivity contribution in [2.24, 2.45) is 10.7 Å². The lowest BCUT2D eigenvalue weighted by Crippen LogP contribution is -1.80. The Bertz CT molecular complexity index is 95.9. The van der Waals surface area contributed by atoms with Crippen LogP contribution in [0.3, 0.4) is 0 Å². The Kier molecular flexibility index (Phi) is 4.07. The Labute approximate surface area is 56.6 Å². The zero-order valence-electron chi connectivity index (χ0n) is 4.06. The molecule has 0 aliphatic heterocycles. The van der Waals surface area contributed by atoms with Crippen molar-refractivity contribution in [3.63, 3.8) is 0 Å². The first-order valence-corrected chi connectivity index (χ1v) is 2.88. The molecule has 0 amide bonds. The Hall–Kier alpha value is -0.0600. The van der Waals surface area contributed by atoms with Gasteiger partial charge in [0.2, 0.25) is 0 Å². The molecule has 0 bridgehead atoms. The van der Waals surface area contributed by atoms with E-state index in [1.807, 2.05) is 0 Å². The van der Waals surface area contributed by atoms with Gasteiger partial charge in [0.05, 0.1) is 0 Å². The van der Waals surface area contributed by atoms with E-state index in [0.717, 1.165) is 3.58 Å². The molecule has 0 saturated heterocycles. The van der Waals surface area contributed by atoms with Gasteiger partial charge in [-0.25, -0.2) is 0 Å². The van der Waals surface area contributed by atoms with Gasteiger partial charge in [-0.3, -0.25) is 4.99 Å². The number of halogens is 1. The molecule has 0 atom stereocenters. The molecule has 0 fully saturated rings. The summed E-state index contributed by atoms with van der Waals surface area (Å²) in [7, 11) is 1.71. The van der Waals surface area contributed by atoms with E-state index in [0.29, 0.717) is 0 Å². The lowest BCUT2D eigenvalue weighted by Gasteiger charge is -1.78. The van der Waals surface area contributed by atoms with Crippen molar-refractivity contribution in [1.82, 2.24) is 0 Å². The Balaban J connectivity index is 3.58. The number of hydrogen-bond donors (Lipinski definition) is 1. The Morgan fingerprint density at radius 1 is 1.86 bits per heavy atom. The van der Waals surface area contributed by atoms with E-state index in [-0.39, 0.29) is 0 Å². The standard InChI is InChI=1S/C4H7IN2/c1-7-3-4(5)2-6/h2-3H,6H2,1H3/b4-2+,7-3+. The SMILES string of the molecule is C/N=C/C(I)=C\N. The van der Waals surface area contributed by atoms with E-state index >= 15 is 0 Å². The van der Waals surface area contributed by atoms with E-state index in [9.17, 15) is 0 Å². The van der Waals surface area contributed by atoms with Crippen LogP contribution >= 0.6 is 22.6 Å². The van der Waals surface area contributed by atoms with Gasteiger partial charge in [-0.15, -0.1) is 0 Å². The van der Waals surface area contributed by atoms with Gasteiger partial charge in [-0.05, 0) is 22.6 Å². The van der Waals surface area contributed by atoms with Crippen LogP contribution in [-0.2, 0) is 0 Å². The maximum Gasteiger partial charge on any atom is 0.0463 e. The summed E-state index contributed by atoms with van der Waals surface area (Å²) in [5, 5.41) is 0. The second-order valence-corrected chi connectivity index (χ2v) is 2.18. The number of nitrogens with two attached hydrogens (primary N) is 1. The van der Waals surface area contributed by atoms with Crippen molar-refractivity contribution >= 4 is 28.8 Å². The molecule has 0 spiro atoms. The minimum Gasteiger partial charge on any atom is -0.404 e. The van der Waals surface area contributed by atoms with Crippen LogP contribution in [0.2, 0.25) is 0 Å². The summed E-state index contributed by atoms with van der Waals surface area (Å²) >= 11 is 2.09. The summed E-state index contributed by atoms with van der Waals surface area (Å²) in [6, 6.07) is 0. The van der Waals surface area contributed by atoms with Crippen molar-refractivity contribution in [2.75, 3.05) is 7.05 Å². The van der Waals surface area contributed by atoms with Crippen molar-refractivity contribution in [2.45, 2.75) is 0 Å². The van der Waals surface area contributed by atoms with Gasteiger partial charge in [0, 0.05) is 23.0 Å². The van der Waals surface area contributed by atoms with Crippen LogP contribution in [0.1, 0.15) is 0 Å². The average Bonchev–Trinajstić information content (AvgIpc) is 1.68. The molecular weight excluding hydrogens is 203 g/mol. The van der Waals surface area contributed by atoms with Crippen LogP contribution in [0.4, 0.5) is 0 Å². The van der Waals surface area contributed by atoms with Crippen LogP contribution < -0.4 is 5.73 Å². The first-order chi connectivity index (χ1) is 3.31. The molecule has 0 radical (unpaired) electrons. The van der Waals surface area contributed by atoms with E-state index in [4.69, 9.17) is 5.73 Å². The monoisotopic (exact) mass is 210 g/mol. The summed E-state index contributed by atoms with van der Waals surface area (Å²) in [4.78, 5) is 3.73. The van der Waals surface area contributed by atoms with Crippen LogP contribution in [0, 0.1) is 0 Å². The topological polar surface area (TPSA) is 38.4 Å². The highest BCUT2D eigenvalue weighted by molar-refractivity contribution is 14.1. The molecular formula is C4H7IN2. The number of allylic oxidation sites excluding steroid dienone is 1. The van der Waals surface area contributed by atoms with Crippen molar-refractivity contribution in [1.29, 1.82) is 0 Å². The normalized spacial score (nSPS) is 13.1. The highest BCUT2D eigenvalue weighted by Gasteiger charge is 1.74. The summed E-state index contributed by atoms with van der Waals surface area (Å²) in [5.41, 5.74) is 5.10. The van der Waals surface area contributed by atoms with E-state index in [2.05, 4.69) is 27.6 Å². The van der Waals surface area contributed by atoms with Gasteiger partial charge in [-0.2, -0.15) is 0 Å². The highest BCUT2D eigenvalue weighted by Crippen LogP contribution is 1.96. The van der Waals surface area contributed by atoms with Gasteiger partial charge in [0.25, 0.3) is 0 Å². The third-order valence-electron chi connectivity index (χ3n) is 0.412. The molecule has 40 valence electrons. The van der Waals surface area contributed by atoms with Crippen molar-refractivity contribution < 1.29 is 0 Å². The summed E-state index contributed by atoms with van der Waals surface area (Å²) in [6.07, 6.45) is 3.20. The van der Waals surface area contributed by atoms with E-state index in [1.165, 1.54) is 6.20 Å². The average molecular weight is 210 g/mol. The molecule has 0 aromatic carbocycles. The second-order valence-electron chi connectivity index (χ2n) is 0.939. The third kappa shape index (κ3) is 3.78. The summed E-state index contributed by atoms with van der Waals surface area (Å²) in [5.74, 6) is 0. The second kappa shape index (κ2) is 4.11. The fourth-order valence-electron chi connectivity index (χ4n) is 0.166. The number of hydrogen-bond acceptors (Lipinski definition) is 2. The van der Waals surface area contributed by atoms with Gasteiger partial charge in [0.1, 0.15) is 0 Å². The number of aliphatic imine (C=N–C) groups is 1. The largest absolute Gasteiger partial charge is 0.404 e. The predicted octanol–water partition coefficient (Wildman–Crippen LogP) is 0.922. The first kappa shape index (κ1) is 6.94. The molecule has 0 aromatic heterocycles. The minimum absolute atomic E-state index is 0.958. The smallest absolute Gasteiger partial charge is 0.0463 e. The predicted molar refractivity (Wildman–Crippen MR) is 40.7 cm³/mol. The maximum absolute atomic E-state index is 5.10. The molecule has 3 heteroatoms. The van der Waals surface area contributed by atoms with Crippen LogP contribution in [-0.4, -0.2) is 13.3 Å². The number of rotatable bonds is 1. The van der Waals surface area contributed by atoms with Crippen LogP contribution in [0.15, 0.2) is 14.8 Å².